The summed E-state index contributed by atoms with van der Waals surface area (Å²) in [6.45, 7) is 1.11. The molecule has 1 aromatic rings. The Kier molecular flexibility index (Phi) is 3.51. The van der Waals surface area contributed by atoms with E-state index in [0.29, 0.717) is 30.2 Å². The van der Waals surface area contributed by atoms with E-state index >= 15 is 0 Å². The molecule has 4 bridgehead atoms. The lowest BCUT2D eigenvalue weighted by Crippen LogP contribution is -2.51. The summed E-state index contributed by atoms with van der Waals surface area (Å²) >= 11 is 1.46. The van der Waals surface area contributed by atoms with Gasteiger partial charge < -0.3 is 15.8 Å². The van der Waals surface area contributed by atoms with E-state index in [1.807, 2.05) is 0 Å². The molecule has 0 atom stereocenters. The van der Waals surface area contributed by atoms with Crippen LogP contribution in [-0.4, -0.2) is 18.4 Å². The second-order valence-corrected chi connectivity index (χ2v) is 9.63. The Bertz CT molecular complexity index is 719. The third-order valence-electron chi connectivity index (χ3n) is 6.81. The maximum atomic E-state index is 13.3. The van der Waals surface area contributed by atoms with Crippen LogP contribution in [0.2, 0.25) is 0 Å². The number of hydrogen-bond acceptors (Lipinski definition) is 4. The van der Waals surface area contributed by atoms with Crippen molar-refractivity contribution in [2.45, 2.75) is 51.6 Å². The third-order valence-corrected chi connectivity index (χ3v) is 7.93. The summed E-state index contributed by atoms with van der Waals surface area (Å²) in [7, 11) is 0. The average molecular weight is 360 g/mol. The maximum absolute atomic E-state index is 13.3. The minimum Gasteiger partial charge on any atom is -0.376 e. The van der Waals surface area contributed by atoms with Crippen molar-refractivity contribution in [1.82, 2.24) is 0 Å². The molecule has 2 amide bonds. The van der Waals surface area contributed by atoms with Gasteiger partial charge in [-0.3, -0.25) is 9.59 Å². The van der Waals surface area contributed by atoms with Gasteiger partial charge in [-0.15, -0.1) is 11.3 Å². The highest BCUT2D eigenvalue weighted by Gasteiger charge is 2.54. The Morgan fingerprint density at radius 1 is 1.12 bits per heavy atom. The molecule has 0 saturated heterocycles. The van der Waals surface area contributed by atoms with Crippen molar-refractivity contribution in [2.24, 2.45) is 28.9 Å². The van der Waals surface area contributed by atoms with Gasteiger partial charge in [0.25, 0.3) is 5.91 Å². The number of ether oxygens (including phenoxy) is 1. The number of thiophene rings is 1. The lowest BCUT2D eigenvalue weighted by atomic mass is 9.49. The predicted molar refractivity (Wildman–Crippen MR) is 95.4 cm³/mol. The molecule has 5 aliphatic rings. The molecular formula is C19H24N2O3S. The van der Waals surface area contributed by atoms with Crippen molar-refractivity contribution < 1.29 is 14.3 Å². The van der Waals surface area contributed by atoms with Gasteiger partial charge in [0.1, 0.15) is 5.00 Å². The van der Waals surface area contributed by atoms with E-state index in [4.69, 9.17) is 10.5 Å². The van der Waals surface area contributed by atoms with Gasteiger partial charge >= 0.3 is 0 Å². The zero-order valence-corrected chi connectivity index (χ0v) is 15.1. The minimum atomic E-state index is -0.444. The number of amides is 2. The average Bonchev–Trinajstić information content (AvgIpc) is 2.91. The highest BCUT2D eigenvalue weighted by Crippen LogP contribution is 2.60. The largest absolute Gasteiger partial charge is 0.376 e. The summed E-state index contributed by atoms with van der Waals surface area (Å²) in [5.41, 5.74) is 6.91. The summed E-state index contributed by atoms with van der Waals surface area (Å²) in [6, 6.07) is 0. The fourth-order valence-electron chi connectivity index (χ4n) is 6.21. The number of anilines is 1. The van der Waals surface area contributed by atoms with Gasteiger partial charge in [-0.2, -0.15) is 0 Å². The predicted octanol–water partition coefficient (Wildman–Crippen LogP) is 3.07. The molecule has 4 saturated carbocycles. The molecule has 0 aromatic carbocycles. The Balaban J connectivity index is 1.45. The van der Waals surface area contributed by atoms with E-state index in [1.165, 1.54) is 30.6 Å². The molecule has 4 fully saturated rings. The van der Waals surface area contributed by atoms with Crippen LogP contribution >= 0.6 is 11.3 Å². The second-order valence-electron chi connectivity index (χ2n) is 8.53. The van der Waals surface area contributed by atoms with E-state index in [2.05, 4.69) is 5.32 Å². The maximum Gasteiger partial charge on any atom is 0.251 e. The molecule has 0 spiro atoms. The fraction of sp³-hybridized carbons (Fsp3) is 0.684. The normalized spacial score (nSPS) is 35.4. The van der Waals surface area contributed by atoms with Crippen LogP contribution in [0.15, 0.2) is 0 Å². The van der Waals surface area contributed by atoms with E-state index in [0.717, 1.165) is 47.5 Å². The van der Waals surface area contributed by atoms with Crippen LogP contribution in [0.4, 0.5) is 5.00 Å². The smallest absolute Gasteiger partial charge is 0.251 e. The molecule has 25 heavy (non-hydrogen) atoms. The van der Waals surface area contributed by atoms with Crippen molar-refractivity contribution >= 4 is 28.2 Å². The molecule has 134 valence electrons. The van der Waals surface area contributed by atoms with Gasteiger partial charge in [0.2, 0.25) is 5.91 Å². The quantitative estimate of drug-likeness (QED) is 0.869. The molecule has 5 nitrogen and oxygen atoms in total. The monoisotopic (exact) mass is 360 g/mol. The molecule has 4 aliphatic carbocycles. The van der Waals surface area contributed by atoms with Crippen LogP contribution < -0.4 is 11.1 Å². The van der Waals surface area contributed by atoms with Crippen LogP contribution in [0.3, 0.4) is 0 Å². The summed E-state index contributed by atoms with van der Waals surface area (Å²) in [6.07, 6.45) is 7.68. The summed E-state index contributed by atoms with van der Waals surface area (Å²) in [4.78, 5) is 26.3. The molecule has 2 heterocycles. The van der Waals surface area contributed by atoms with Crippen molar-refractivity contribution in [3.05, 3.63) is 16.0 Å². The Labute approximate surface area is 151 Å². The van der Waals surface area contributed by atoms with Crippen molar-refractivity contribution in [2.75, 3.05) is 11.9 Å². The van der Waals surface area contributed by atoms with Gasteiger partial charge in [0.05, 0.1) is 24.2 Å². The molecule has 6 heteroatoms. The van der Waals surface area contributed by atoms with E-state index in [-0.39, 0.29) is 11.3 Å². The van der Waals surface area contributed by atoms with Gasteiger partial charge in [0, 0.05) is 4.88 Å². The Morgan fingerprint density at radius 3 is 2.36 bits per heavy atom. The highest BCUT2D eigenvalue weighted by molar-refractivity contribution is 7.17. The van der Waals surface area contributed by atoms with Crippen LogP contribution in [0, 0.1) is 23.2 Å². The van der Waals surface area contributed by atoms with Crippen LogP contribution in [0.1, 0.15) is 59.3 Å². The van der Waals surface area contributed by atoms with E-state index in [1.54, 1.807) is 0 Å². The number of hydrogen-bond donors (Lipinski definition) is 2. The van der Waals surface area contributed by atoms with Crippen molar-refractivity contribution in [3.8, 4) is 0 Å². The number of fused-ring (bicyclic) bond motifs is 1. The summed E-state index contributed by atoms with van der Waals surface area (Å²) in [5.74, 6) is 1.83. The van der Waals surface area contributed by atoms with Crippen LogP contribution in [0.5, 0.6) is 0 Å². The van der Waals surface area contributed by atoms with Crippen LogP contribution in [0.25, 0.3) is 0 Å². The first-order valence-electron chi connectivity index (χ1n) is 9.37. The number of nitrogens with two attached hydrogens (primary N) is 1. The lowest BCUT2D eigenvalue weighted by Gasteiger charge is -2.55. The van der Waals surface area contributed by atoms with E-state index in [9.17, 15) is 9.59 Å². The van der Waals surface area contributed by atoms with Crippen molar-refractivity contribution in [3.63, 3.8) is 0 Å². The zero-order valence-electron chi connectivity index (χ0n) is 14.3. The number of carbonyl (C=O) groups is 2. The lowest BCUT2D eigenvalue weighted by molar-refractivity contribution is -0.140. The van der Waals surface area contributed by atoms with Gasteiger partial charge in [-0.25, -0.2) is 0 Å². The summed E-state index contributed by atoms with van der Waals surface area (Å²) in [5, 5.41) is 3.77. The number of rotatable bonds is 3. The Morgan fingerprint density at radius 2 is 1.76 bits per heavy atom. The van der Waals surface area contributed by atoms with Crippen LogP contribution in [-0.2, 0) is 22.6 Å². The minimum absolute atomic E-state index is 0.119. The van der Waals surface area contributed by atoms with Crippen molar-refractivity contribution in [1.29, 1.82) is 0 Å². The fourth-order valence-corrected chi connectivity index (χ4v) is 7.39. The molecule has 3 N–H and O–H groups in total. The first-order valence-corrected chi connectivity index (χ1v) is 10.2. The molecule has 0 radical (unpaired) electrons. The zero-order chi connectivity index (χ0) is 17.2. The van der Waals surface area contributed by atoms with Gasteiger partial charge in [-0.1, -0.05) is 0 Å². The number of carbonyl (C=O) groups excluding carboxylic acids is 2. The first-order chi connectivity index (χ1) is 12.0. The molecule has 1 aromatic heterocycles. The Hall–Kier alpha value is -1.40. The molecular weight excluding hydrogens is 336 g/mol. The first kappa shape index (κ1) is 15.8. The second kappa shape index (κ2) is 5.55. The SMILES string of the molecule is NC(=O)c1c(NC(=O)C23CC4CC(CC(C4)C2)C3)sc2c1CCOC2. The standard InChI is InChI=1S/C19H24N2O3S/c20-16(22)15-13-1-2-24-9-14(13)25-17(15)21-18(23)19-6-10-3-11(7-19)5-12(4-10)8-19/h10-12H,1-9H2,(H2,20,22)(H,21,23). The highest BCUT2D eigenvalue weighted by atomic mass is 32.1. The molecule has 6 rings (SSSR count). The number of primary amides is 1. The van der Waals surface area contributed by atoms with E-state index < -0.39 is 5.91 Å². The molecule has 1 aliphatic heterocycles. The van der Waals surface area contributed by atoms with Gasteiger partial charge in [0.15, 0.2) is 0 Å². The topological polar surface area (TPSA) is 81.4 Å². The summed E-state index contributed by atoms with van der Waals surface area (Å²) < 4.78 is 5.49. The third kappa shape index (κ3) is 2.45. The molecule has 0 unspecified atom stereocenters. The number of nitrogens with one attached hydrogen (secondary N) is 1. The van der Waals surface area contributed by atoms with Gasteiger partial charge in [-0.05, 0) is 68.3 Å².